The van der Waals surface area contributed by atoms with Gasteiger partial charge in [0.05, 0.1) is 25.6 Å². The Labute approximate surface area is 93.9 Å². The number of ether oxygens (including phenoxy) is 1. The van der Waals surface area contributed by atoms with Crippen LogP contribution in [0.4, 0.5) is 0 Å². The number of esters is 1. The van der Waals surface area contributed by atoms with Crippen LogP contribution in [0.3, 0.4) is 0 Å². The number of carbonyl (C=O) groups is 3. The first-order valence-electron chi connectivity index (χ1n) is 5.33. The van der Waals surface area contributed by atoms with Gasteiger partial charge >= 0.3 is 5.97 Å². The summed E-state index contributed by atoms with van der Waals surface area (Å²) in [5.74, 6) is -0.886. The third-order valence-corrected chi connectivity index (χ3v) is 2.36. The second kappa shape index (κ2) is 5.60. The standard InChI is InChI=1S/C10H16N2O4/c1-3-12-8(13)5-7(10(12)15)11-6-9(14)16-4-2/h7,11H,3-6H2,1-2H3. The lowest BCUT2D eigenvalue weighted by Gasteiger charge is -2.12. The summed E-state index contributed by atoms with van der Waals surface area (Å²) in [6, 6.07) is -0.586. The summed E-state index contributed by atoms with van der Waals surface area (Å²) in [5.41, 5.74) is 0. The number of imide groups is 1. The minimum atomic E-state index is -0.586. The topological polar surface area (TPSA) is 75.7 Å². The Hall–Kier alpha value is -1.43. The Kier molecular flexibility index (Phi) is 4.42. The highest BCUT2D eigenvalue weighted by Gasteiger charge is 2.37. The highest BCUT2D eigenvalue weighted by atomic mass is 16.5. The van der Waals surface area contributed by atoms with Crippen molar-refractivity contribution in [3.05, 3.63) is 0 Å². The van der Waals surface area contributed by atoms with Crippen molar-refractivity contribution in [2.45, 2.75) is 26.3 Å². The average molecular weight is 228 g/mol. The van der Waals surface area contributed by atoms with Gasteiger partial charge in [0.2, 0.25) is 11.8 Å². The van der Waals surface area contributed by atoms with Crippen molar-refractivity contribution in [3.8, 4) is 0 Å². The van der Waals surface area contributed by atoms with Gasteiger partial charge in [-0.2, -0.15) is 0 Å². The first kappa shape index (κ1) is 12.6. The number of hydrogen-bond acceptors (Lipinski definition) is 5. The number of hydrogen-bond donors (Lipinski definition) is 1. The van der Waals surface area contributed by atoms with Crippen LogP contribution < -0.4 is 5.32 Å². The third kappa shape index (κ3) is 2.79. The van der Waals surface area contributed by atoms with E-state index in [2.05, 4.69) is 5.32 Å². The summed E-state index contributed by atoms with van der Waals surface area (Å²) in [6.07, 6.45) is 0.117. The molecule has 6 heteroatoms. The molecule has 1 unspecified atom stereocenters. The van der Waals surface area contributed by atoms with Gasteiger partial charge in [-0.15, -0.1) is 0 Å². The highest BCUT2D eigenvalue weighted by molar-refractivity contribution is 6.05. The smallest absolute Gasteiger partial charge is 0.319 e. The zero-order chi connectivity index (χ0) is 12.1. The number of nitrogens with one attached hydrogen (secondary N) is 1. The van der Waals surface area contributed by atoms with Crippen LogP contribution in [0.25, 0.3) is 0 Å². The molecule has 2 amide bonds. The minimum absolute atomic E-state index is 0.0465. The molecule has 0 aromatic rings. The molecule has 1 rings (SSSR count). The van der Waals surface area contributed by atoms with Crippen molar-refractivity contribution in [3.63, 3.8) is 0 Å². The SMILES string of the molecule is CCOC(=O)CNC1CC(=O)N(CC)C1=O. The van der Waals surface area contributed by atoms with E-state index in [9.17, 15) is 14.4 Å². The first-order chi connectivity index (χ1) is 7.60. The number of rotatable bonds is 5. The van der Waals surface area contributed by atoms with Crippen molar-refractivity contribution < 1.29 is 19.1 Å². The lowest BCUT2D eigenvalue weighted by molar-refractivity contribution is -0.142. The van der Waals surface area contributed by atoms with E-state index < -0.39 is 12.0 Å². The summed E-state index contributed by atoms with van der Waals surface area (Å²) >= 11 is 0. The molecular formula is C10H16N2O4. The monoisotopic (exact) mass is 228 g/mol. The lowest BCUT2D eigenvalue weighted by atomic mass is 10.2. The molecule has 1 N–H and O–H groups in total. The van der Waals surface area contributed by atoms with Gasteiger partial charge in [-0.3, -0.25) is 24.6 Å². The van der Waals surface area contributed by atoms with Crippen LogP contribution in [0.15, 0.2) is 0 Å². The molecule has 1 fully saturated rings. The zero-order valence-corrected chi connectivity index (χ0v) is 9.49. The van der Waals surface area contributed by atoms with Crippen LogP contribution in [-0.2, 0) is 19.1 Å². The highest BCUT2D eigenvalue weighted by Crippen LogP contribution is 2.11. The van der Waals surface area contributed by atoms with Gasteiger partial charge in [0.15, 0.2) is 0 Å². The molecule has 0 aromatic carbocycles. The molecule has 0 aromatic heterocycles. The predicted molar refractivity (Wildman–Crippen MR) is 55.4 cm³/mol. The molecule has 0 aliphatic carbocycles. The largest absolute Gasteiger partial charge is 0.465 e. The first-order valence-corrected chi connectivity index (χ1v) is 5.33. The molecule has 90 valence electrons. The maximum Gasteiger partial charge on any atom is 0.319 e. The van der Waals surface area contributed by atoms with Gasteiger partial charge < -0.3 is 4.74 Å². The van der Waals surface area contributed by atoms with Gasteiger partial charge in [0, 0.05) is 6.54 Å². The number of amides is 2. The van der Waals surface area contributed by atoms with Crippen LogP contribution in [-0.4, -0.2) is 48.4 Å². The number of likely N-dealkylation sites (tertiary alicyclic amines) is 1. The van der Waals surface area contributed by atoms with Crippen LogP contribution >= 0.6 is 0 Å². The molecule has 1 heterocycles. The van der Waals surface area contributed by atoms with Crippen molar-refractivity contribution in [2.24, 2.45) is 0 Å². The molecule has 1 saturated heterocycles. The van der Waals surface area contributed by atoms with Gasteiger partial charge in [0.1, 0.15) is 0 Å². The van der Waals surface area contributed by atoms with Crippen LogP contribution in [0, 0.1) is 0 Å². The molecular weight excluding hydrogens is 212 g/mol. The van der Waals surface area contributed by atoms with Crippen LogP contribution in [0.2, 0.25) is 0 Å². The summed E-state index contributed by atoms with van der Waals surface area (Å²) in [5, 5.41) is 2.72. The number of carbonyl (C=O) groups excluding carboxylic acids is 3. The summed E-state index contributed by atoms with van der Waals surface area (Å²) in [6.45, 7) is 4.08. The third-order valence-electron chi connectivity index (χ3n) is 2.36. The van der Waals surface area contributed by atoms with E-state index in [1.54, 1.807) is 13.8 Å². The maximum atomic E-state index is 11.6. The molecule has 1 aliphatic heterocycles. The van der Waals surface area contributed by atoms with Gasteiger partial charge in [-0.25, -0.2) is 0 Å². The van der Waals surface area contributed by atoms with E-state index in [1.807, 2.05) is 0 Å². The van der Waals surface area contributed by atoms with Crippen LogP contribution in [0.5, 0.6) is 0 Å². The van der Waals surface area contributed by atoms with E-state index in [1.165, 1.54) is 4.90 Å². The van der Waals surface area contributed by atoms with Crippen molar-refractivity contribution in [1.82, 2.24) is 10.2 Å². The maximum absolute atomic E-state index is 11.6. The van der Waals surface area contributed by atoms with E-state index >= 15 is 0 Å². The fourth-order valence-electron chi connectivity index (χ4n) is 1.59. The molecule has 0 bridgehead atoms. The minimum Gasteiger partial charge on any atom is -0.465 e. The van der Waals surface area contributed by atoms with Gasteiger partial charge in [0.25, 0.3) is 0 Å². The fraction of sp³-hybridized carbons (Fsp3) is 0.700. The normalized spacial score (nSPS) is 20.4. The van der Waals surface area contributed by atoms with Crippen molar-refractivity contribution in [2.75, 3.05) is 19.7 Å². The molecule has 0 radical (unpaired) electrons. The summed E-state index contributed by atoms with van der Waals surface area (Å²) < 4.78 is 4.71. The van der Waals surface area contributed by atoms with E-state index in [0.29, 0.717) is 13.2 Å². The Bertz CT molecular complexity index is 303. The average Bonchev–Trinajstić information content (AvgIpc) is 2.51. The second-order valence-corrected chi connectivity index (χ2v) is 3.42. The summed E-state index contributed by atoms with van der Waals surface area (Å²) in [7, 11) is 0. The Morgan fingerprint density at radius 2 is 2.19 bits per heavy atom. The zero-order valence-electron chi connectivity index (χ0n) is 9.49. The van der Waals surface area contributed by atoms with E-state index in [4.69, 9.17) is 4.74 Å². The van der Waals surface area contributed by atoms with E-state index in [0.717, 1.165) is 0 Å². The lowest BCUT2D eigenvalue weighted by Crippen LogP contribution is -2.41. The Morgan fingerprint density at radius 3 is 2.69 bits per heavy atom. The summed E-state index contributed by atoms with van der Waals surface area (Å²) in [4.78, 5) is 35.2. The predicted octanol–water partition coefficient (Wildman–Crippen LogP) is -0.713. The van der Waals surface area contributed by atoms with E-state index in [-0.39, 0.29) is 24.8 Å². The quantitative estimate of drug-likeness (QED) is 0.497. The van der Waals surface area contributed by atoms with Gasteiger partial charge in [-0.1, -0.05) is 0 Å². The molecule has 16 heavy (non-hydrogen) atoms. The molecule has 6 nitrogen and oxygen atoms in total. The van der Waals surface area contributed by atoms with Crippen molar-refractivity contribution in [1.29, 1.82) is 0 Å². The number of likely N-dealkylation sites (N-methyl/N-ethyl adjacent to an activating group) is 1. The Balaban J connectivity index is 2.42. The molecule has 1 atom stereocenters. The molecule has 1 aliphatic rings. The van der Waals surface area contributed by atoms with Crippen molar-refractivity contribution >= 4 is 17.8 Å². The van der Waals surface area contributed by atoms with Crippen LogP contribution in [0.1, 0.15) is 20.3 Å². The Morgan fingerprint density at radius 1 is 1.50 bits per heavy atom. The van der Waals surface area contributed by atoms with Gasteiger partial charge in [-0.05, 0) is 13.8 Å². The molecule has 0 saturated carbocycles. The second-order valence-electron chi connectivity index (χ2n) is 3.42. The fourth-order valence-corrected chi connectivity index (χ4v) is 1.59. The number of nitrogens with zero attached hydrogens (tertiary/aromatic N) is 1. The molecule has 0 spiro atoms.